The van der Waals surface area contributed by atoms with E-state index in [0.717, 1.165) is 33.9 Å². The van der Waals surface area contributed by atoms with Gasteiger partial charge in [-0.2, -0.15) is 5.10 Å². The van der Waals surface area contributed by atoms with Gasteiger partial charge >= 0.3 is 0 Å². The summed E-state index contributed by atoms with van der Waals surface area (Å²) in [5.41, 5.74) is 2.10. The molecule has 0 aliphatic carbocycles. The van der Waals surface area contributed by atoms with Gasteiger partial charge in [-0.05, 0) is 30.9 Å². The molecule has 2 rings (SSSR count). The largest absolute Gasteiger partial charge is 0.253 e. The van der Waals surface area contributed by atoms with E-state index in [1.807, 2.05) is 35.2 Å². The van der Waals surface area contributed by atoms with Gasteiger partial charge in [-0.3, -0.25) is 4.99 Å². The van der Waals surface area contributed by atoms with Gasteiger partial charge in [0.1, 0.15) is 0 Å². The molecule has 0 atom stereocenters. The Balaban J connectivity index is 2.48. The molecule has 0 saturated heterocycles. The molecule has 0 bridgehead atoms. The predicted molar refractivity (Wildman–Crippen MR) is 101 cm³/mol. The van der Waals surface area contributed by atoms with Crippen LogP contribution in [-0.2, 0) is 0 Å². The summed E-state index contributed by atoms with van der Waals surface area (Å²) >= 11 is 7.57. The molecule has 1 aromatic carbocycles. The minimum absolute atomic E-state index is 0.479. The van der Waals surface area contributed by atoms with Crippen molar-refractivity contribution in [2.45, 2.75) is 26.7 Å². The molecular weight excluding hydrogens is 326 g/mol. The standard InChI is InChI=1S/C18H22ClN3S/c1-4-11-20-18-22(21-12-14(5-2)6-3)17(13-23-18)15-7-9-16(19)10-8-15/h4,7-10,12-14H,1,5-6,11H2,2-3H3. The molecule has 122 valence electrons. The second-order valence-electron chi connectivity index (χ2n) is 5.19. The molecule has 0 unspecified atom stereocenters. The van der Waals surface area contributed by atoms with Crippen molar-refractivity contribution in [3.05, 3.63) is 52.1 Å². The molecule has 0 fully saturated rings. The van der Waals surface area contributed by atoms with Crippen LogP contribution in [0.2, 0.25) is 5.02 Å². The van der Waals surface area contributed by atoms with Crippen molar-refractivity contribution in [3.8, 4) is 11.3 Å². The van der Waals surface area contributed by atoms with Crippen molar-refractivity contribution in [2.75, 3.05) is 6.54 Å². The summed E-state index contributed by atoms with van der Waals surface area (Å²) in [6.45, 7) is 8.68. The smallest absolute Gasteiger partial charge is 0.206 e. The molecule has 23 heavy (non-hydrogen) atoms. The predicted octanol–water partition coefficient (Wildman–Crippen LogP) is 5.23. The lowest BCUT2D eigenvalue weighted by Crippen LogP contribution is -2.13. The SMILES string of the molecule is C=CCN=c1scc(-c2ccc(Cl)cc2)n1N=CC(CC)CC. The first-order valence-electron chi connectivity index (χ1n) is 7.81. The van der Waals surface area contributed by atoms with Gasteiger partial charge in [-0.25, -0.2) is 4.68 Å². The minimum Gasteiger partial charge on any atom is -0.253 e. The molecule has 0 radical (unpaired) electrons. The van der Waals surface area contributed by atoms with E-state index in [1.54, 1.807) is 17.4 Å². The molecule has 0 spiro atoms. The van der Waals surface area contributed by atoms with Gasteiger partial charge in [0.05, 0.1) is 12.2 Å². The van der Waals surface area contributed by atoms with Gasteiger partial charge in [0, 0.05) is 22.2 Å². The fourth-order valence-electron chi connectivity index (χ4n) is 2.14. The molecule has 0 N–H and O–H groups in total. The number of hydrogen-bond acceptors (Lipinski definition) is 3. The van der Waals surface area contributed by atoms with Crippen LogP contribution < -0.4 is 4.80 Å². The number of halogens is 1. The Labute approximate surface area is 146 Å². The van der Waals surface area contributed by atoms with E-state index in [1.165, 1.54) is 0 Å². The molecular formula is C18H22ClN3S. The van der Waals surface area contributed by atoms with Crippen LogP contribution in [0, 0.1) is 5.92 Å². The van der Waals surface area contributed by atoms with Crippen molar-refractivity contribution in [1.82, 2.24) is 4.68 Å². The third-order valence-corrected chi connectivity index (χ3v) is 4.73. The summed E-state index contributed by atoms with van der Waals surface area (Å²) in [7, 11) is 0. The van der Waals surface area contributed by atoms with Crippen LogP contribution >= 0.6 is 22.9 Å². The van der Waals surface area contributed by atoms with E-state index in [4.69, 9.17) is 16.7 Å². The fraction of sp³-hybridized carbons (Fsp3) is 0.333. The van der Waals surface area contributed by atoms with Crippen LogP contribution in [0.25, 0.3) is 11.3 Å². The van der Waals surface area contributed by atoms with E-state index in [0.29, 0.717) is 12.5 Å². The van der Waals surface area contributed by atoms with Crippen molar-refractivity contribution in [1.29, 1.82) is 0 Å². The van der Waals surface area contributed by atoms with E-state index >= 15 is 0 Å². The maximum atomic E-state index is 5.99. The second kappa shape index (κ2) is 8.85. The zero-order chi connectivity index (χ0) is 16.7. The Kier molecular flexibility index (Phi) is 6.81. The Morgan fingerprint density at radius 1 is 1.26 bits per heavy atom. The Hall–Kier alpha value is -1.65. The van der Waals surface area contributed by atoms with Crippen LogP contribution in [0.1, 0.15) is 26.7 Å². The summed E-state index contributed by atoms with van der Waals surface area (Å²) in [6.07, 6.45) is 5.98. The minimum atomic E-state index is 0.479. The van der Waals surface area contributed by atoms with Crippen molar-refractivity contribution in [2.24, 2.45) is 16.0 Å². The highest BCUT2D eigenvalue weighted by atomic mass is 35.5. The molecule has 0 saturated carbocycles. The summed E-state index contributed by atoms with van der Waals surface area (Å²) in [5.74, 6) is 0.479. The normalized spacial score (nSPS) is 12.4. The highest BCUT2D eigenvalue weighted by Crippen LogP contribution is 2.22. The molecule has 0 aliphatic heterocycles. The Bertz CT molecular complexity index is 721. The summed E-state index contributed by atoms with van der Waals surface area (Å²) in [4.78, 5) is 5.41. The quantitative estimate of drug-likeness (QED) is 0.485. The van der Waals surface area contributed by atoms with Crippen molar-refractivity contribution in [3.63, 3.8) is 0 Å². The maximum absolute atomic E-state index is 5.99. The third-order valence-electron chi connectivity index (χ3n) is 3.62. The van der Waals surface area contributed by atoms with Crippen molar-refractivity contribution >= 4 is 29.2 Å². The van der Waals surface area contributed by atoms with E-state index < -0.39 is 0 Å². The second-order valence-corrected chi connectivity index (χ2v) is 6.47. The van der Waals surface area contributed by atoms with Gasteiger partial charge in [0.25, 0.3) is 0 Å². The Morgan fingerprint density at radius 2 is 1.96 bits per heavy atom. The van der Waals surface area contributed by atoms with Crippen LogP contribution in [-0.4, -0.2) is 17.4 Å². The fourth-order valence-corrected chi connectivity index (χ4v) is 3.11. The van der Waals surface area contributed by atoms with Gasteiger partial charge < -0.3 is 0 Å². The number of thiazole rings is 1. The molecule has 3 nitrogen and oxygen atoms in total. The molecule has 0 amide bonds. The summed E-state index contributed by atoms with van der Waals surface area (Å²) in [5, 5.41) is 7.51. The molecule has 1 aromatic heterocycles. The number of rotatable bonds is 7. The molecule has 1 heterocycles. The number of nitrogens with zero attached hydrogens (tertiary/aromatic N) is 3. The average molecular weight is 348 g/mol. The number of benzene rings is 1. The van der Waals surface area contributed by atoms with Crippen LogP contribution in [0.4, 0.5) is 0 Å². The van der Waals surface area contributed by atoms with E-state index in [9.17, 15) is 0 Å². The number of aromatic nitrogens is 1. The van der Waals surface area contributed by atoms with Crippen LogP contribution in [0.15, 0.2) is 52.4 Å². The van der Waals surface area contributed by atoms with Gasteiger partial charge in [-0.1, -0.05) is 43.7 Å². The number of hydrogen-bond donors (Lipinski definition) is 0. The monoisotopic (exact) mass is 347 g/mol. The lowest BCUT2D eigenvalue weighted by molar-refractivity contribution is 0.647. The van der Waals surface area contributed by atoms with Gasteiger partial charge in [-0.15, -0.1) is 17.9 Å². The first-order valence-corrected chi connectivity index (χ1v) is 9.07. The Morgan fingerprint density at radius 3 is 2.57 bits per heavy atom. The van der Waals surface area contributed by atoms with Crippen molar-refractivity contribution < 1.29 is 0 Å². The topological polar surface area (TPSA) is 29.6 Å². The third kappa shape index (κ3) is 4.66. The molecule has 5 heteroatoms. The first kappa shape index (κ1) is 17.7. The highest BCUT2D eigenvalue weighted by molar-refractivity contribution is 7.07. The average Bonchev–Trinajstić information content (AvgIpc) is 2.97. The lowest BCUT2D eigenvalue weighted by Gasteiger charge is -2.07. The summed E-state index contributed by atoms with van der Waals surface area (Å²) in [6, 6.07) is 7.80. The van der Waals surface area contributed by atoms with E-state index in [-0.39, 0.29) is 0 Å². The van der Waals surface area contributed by atoms with Crippen LogP contribution in [0.5, 0.6) is 0 Å². The van der Waals surface area contributed by atoms with Crippen LogP contribution in [0.3, 0.4) is 0 Å². The van der Waals surface area contributed by atoms with Gasteiger partial charge in [0.2, 0.25) is 4.80 Å². The van der Waals surface area contributed by atoms with E-state index in [2.05, 4.69) is 30.8 Å². The zero-order valence-electron chi connectivity index (χ0n) is 13.6. The molecule has 0 aliphatic rings. The molecule has 2 aromatic rings. The highest BCUT2D eigenvalue weighted by Gasteiger charge is 2.08. The first-order chi connectivity index (χ1) is 11.2. The lowest BCUT2D eigenvalue weighted by atomic mass is 10.1. The van der Waals surface area contributed by atoms with Gasteiger partial charge in [0.15, 0.2) is 0 Å². The summed E-state index contributed by atoms with van der Waals surface area (Å²) < 4.78 is 1.91. The zero-order valence-corrected chi connectivity index (χ0v) is 15.1. The maximum Gasteiger partial charge on any atom is 0.206 e.